The van der Waals surface area contributed by atoms with Crippen molar-refractivity contribution in [3.05, 3.63) is 84.7 Å². The minimum absolute atomic E-state index is 0.0553. The monoisotopic (exact) mass is 414 g/mol. The van der Waals surface area contributed by atoms with E-state index in [1.54, 1.807) is 12.5 Å². The molecule has 0 fully saturated rings. The summed E-state index contributed by atoms with van der Waals surface area (Å²) < 4.78 is 7.32. The van der Waals surface area contributed by atoms with Gasteiger partial charge in [-0.1, -0.05) is 17.7 Å². The minimum Gasteiger partial charge on any atom is -0.484 e. The van der Waals surface area contributed by atoms with Gasteiger partial charge in [-0.2, -0.15) is 0 Å². The number of nitrogens with one attached hydrogen (secondary N) is 2. The third kappa shape index (κ3) is 5.45. The van der Waals surface area contributed by atoms with Crippen LogP contribution < -0.4 is 15.4 Å². The van der Waals surface area contributed by atoms with E-state index in [0.29, 0.717) is 23.1 Å². The number of carbonyl (C=O) groups excluding carboxylic acids is 1. The van der Waals surface area contributed by atoms with Crippen LogP contribution in [0.4, 0.5) is 17.2 Å². The van der Waals surface area contributed by atoms with Gasteiger partial charge in [0.2, 0.25) is 0 Å². The van der Waals surface area contributed by atoms with E-state index in [1.807, 2.05) is 79.2 Å². The number of amides is 1. The van der Waals surface area contributed by atoms with Gasteiger partial charge in [-0.3, -0.25) is 9.36 Å². The molecule has 1 amide bonds. The summed E-state index contributed by atoms with van der Waals surface area (Å²) in [4.78, 5) is 25.0. The first-order valence-electron chi connectivity index (χ1n) is 9.75. The van der Waals surface area contributed by atoms with Crippen LogP contribution in [-0.2, 0) is 4.79 Å². The second-order valence-corrected chi connectivity index (χ2v) is 6.98. The molecule has 31 heavy (non-hydrogen) atoms. The number of hydrogen-bond donors (Lipinski definition) is 2. The molecule has 0 saturated carbocycles. The second-order valence-electron chi connectivity index (χ2n) is 6.98. The Labute approximate surface area is 180 Å². The van der Waals surface area contributed by atoms with Crippen LogP contribution in [0.5, 0.6) is 5.75 Å². The minimum atomic E-state index is -0.224. The molecule has 2 aromatic carbocycles. The van der Waals surface area contributed by atoms with E-state index in [2.05, 4.69) is 25.6 Å². The molecule has 0 radical (unpaired) electrons. The Morgan fingerprint density at radius 2 is 1.74 bits per heavy atom. The van der Waals surface area contributed by atoms with Crippen molar-refractivity contribution < 1.29 is 9.53 Å². The Bertz CT molecular complexity index is 1160. The number of aryl methyl sites for hydroxylation is 2. The van der Waals surface area contributed by atoms with Gasteiger partial charge in [0.05, 0.1) is 0 Å². The molecule has 0 aliphatic rings. The fraction of sp³-hybridized carbons (Fsp3) is 0.130. The van der Waals surface area contributed by atoms with Crippen molar-refractivity contribution in [3.63, 3.8) is 0 Å². The van der Waals surface area contributed by atoms with Crippen LogP contribution in [0.15, 0.2) is 73.3 Å². The van der Waals surface area contributed by atoms with Gasteiger partial charge in [-0.05, 0) is 50.2 Å². The summed E-state index contributed by atoms with van der Waals surface area (Å²) >= 11 is 0. The van der Waals surface area contributed by atoms with Crippen molar-refractivity contribution in [1.82, 2.24) is 19.5 Å². The van der Waals surface area contributed by atoms with Gasteiger partial charge in [0.1, 0.15) is 29.5 Å². The summed E-state index contributed by atoms with van der Waals surface area (Å²) in [5.74, 6) is 2.48. The third-order valence-corrected chi connectivity index (χ3v) is 4.43. The first-order valence-corrected chi connectivity index (χ1v) is 9.75. The van der Waals surface area contributed by atoms with Gasteiger partial charge in [-0.15, -0.1) is 0 Å². The predicted octanol–water partition coefficient (Wildman–Crippen LogP) is 4.04. The molecular weight excluding hydrogens is 392 g/mol. The van der Waals surface area contributed by atoms with E-state index < -0.39 is 0 Å². The topological polar surface area (TPSA) is 94.0 Å². The highest BCUT2D eigenvalue weighted by Crippen LogP contribution is 2.19. The number of benzene rings is 2. The maximum atomic E-state index is 12.1. The second kappa shape index (κ2) is 9.08. The molecule has 8 heteroatoms. The van der Waals surface area contributed by atoms with Crippen molar-refractivity contribution in [2.24, 2.45) is 0 Å². The van der Waals surface area contributed by atoms with Gasteiger partial charge in [0, 0.05) is 29.8 Å². The average molecular weight is 414 g/mol. The van der Waals surface area contributed by atoms with Gasteiger partial charge in [-0.25, -0.2) is 15.0 Å². The number of aromatic nitrogens is 4. The Morgan fingerprint density at radius 1 is 1.00 bits per heavy atom. The van der Waals surface area contributed by atoms with Gasteiger partial charge >= 0.3 is 0 Å². The first-order chi connectivity index (χ1) is 15.0. The molecule has 4 aromatic rings. The lowest BCUT2D eigenvalue weighted by Crippen LogP contribution is -2.20. The standard InChI is InChI=1S/C23H22N6O2/c1-16-3-9-20(10-4-16)31-14-23(30)28-19-7-5-18(6-8-19)27-21-13-22(26-17(2)25-21)29-12-11-24-15-29/h3-13,15H,14H2,1-2H3,(H,28,30)(H,25,26,27). The predicted molar refractivity (Wildman–Crippen MR) is 119 cm³/mol. The molecule has 0 atom stereocenters. The highest BCUT2D eigenvalue weighted by Gasteiger charge is 2.06. The molecule has 0 unspecified atom stereocenters. The van der Waals surface area contributed by atoms with E-state index in [0.717, 1.165) is 17.1 Å². The molecule has 4 rings (SSSR count). The lowest BCUT2D eigenvalue weighted by molar-refractivity contribution is -0.118. The smallest absolute Gasteiger partial charge is 0.262 e. The quantitative estimate of drug-likeness (QED) is 0.474. The third-order valence-electron chi connectivity index (χ3n) is 4.43. The number of ether oxygens (including phenoxy) is 1. The van der Waals surface area contributed by atoms with Crippen LogP contribution in [0, 0.1) is 13.8 Å². The Kier molecular flexibility index (Phi) is 5.89. The largest absolute Gasteiger partial charge is 0.484 e. The SMILES string of the molecule is Cc1ccc(OCC(=O)Nc2ccc(Nc3cc(-n4ccnc4)nc(C)n3)cc2)cc1. The van der Waals surface area contributed by atoms with E-state index in [9.17, 15) is 4.79 Å². The number of nitrogens with zero attached hydrogens (tertiary/aromatic N) is 4. The molecule has 0 aliphatic heterocycles. The molecule has 156 valence electrons. The summed E-state index contributed by atoms with van der Waals surface area (Å²) in [6, 6.07) is 16.8. The maximum absolute atomic E-state index is 12.1. The molecule has 0 aliphatic carbocycles. The van der Waals surface area contributed by atoms with Gasteiger partial charge in [0.15, 0.2) is 6.61 Å². The molecule has 2 aromatic heterocycles. The molecule has 8 nitrogen and oxygen atoms in total. The molecule has 0 bridgehead atoms. The van der Waals surface area contributed by atoms with Crippen molar-refractivity contribution in [3.8, 4) is 11.6 Å². The van der Waals surface area contributed by atoms with E-state index in [4.69, 9.17) is 4.74 Å². The van der Waals surface area contributed by atoms with Crippen molar-refractivity contribution in [2.45, 2.75) is 13.8 Å². The van der Waals surface area contributed by atoms with E-state index >= 15 is 0 Å². The number of imidazole rings is 1. The molecule has 2 N–H and O–H groups in total. The van der Waals surface area contributed by atoms with E-state index in [-0.39, 0.29) is 12.5 Å². The number of anilines is 3. The van der Waals surface area contributed by atoms with Crippen LogP contribution in [0.1, 0.15) is 11.4 Å². The summed E-state index contributed by atoms with van der Waals surface area (Å²) in [6.45, 7) is 3.78. The van der Waals surface area contributed by atoms with E-state index in [1.165, 1.54) is 0 Å². The molecular formula is C23H22N6O2. The van der Waals surface area contributed by atoms with Crippen LogP contribution in [0.3, 0.4) is 0 Å². The van der Waals surface area contributed by atoms with Crippen LogP contribution >= 0.6 is 0 Å². The van der Waals surface area contributed by atoms with Gasteiger partial charge in [0.25, 0.3) is 5.91 Å². The summed E-state index contributed by atoms with van der Waals surface area (Å²) in [7, 11) is 0. The average Bonchev–Trinajstić information content (AvgIpc) is 3.29. The summed E-state index contributed by atoms with van der Waals surface area (Å²) in [5, 5.41) is 6.08. The van der Waals surface area contributed by atoms with Crippen molar-refractivity contribution >= 4 is 23.1 Å². The fourth-order valence-corrected chi connectivity index (χ4v) is 2.91. The molecule has 0 spiro atoms. The van der Waals surface area contributed by atoms with Crippen LogP contribution in [0.2, 0.25) is 0 Å². The summed E-state index contributed by atoms with van der Waals surface area (Å²) in [5.41, 5.74) is 2.66. The van der Waals surface area contributed by atoms with Crippen LogP contribution in [-0.4, -0.2) is 32.0 Å². The number of carbonyl (C=O) groups is 1. The fourth-order valence-electron chi connectivity index (χ4n) is 2.91. The normalized spacial score (nSPS) is 10.5. The Morgan fingerprint density at radius 3 is 2.45 bits per heavy atom. The maximum Gasteiger partial charge on any atom is 0.262 e. The zero-order chi connectivity index (χ0) is 21.6. The lowest BCUT2D eigenvalue weighted by Gasteiger charge is -2.11. The Balaban J connectivity index is 1.35. The lowest BCUT2D eigenvalue weighted by atomic mass is 10.2. The Hall–Kier alpha value is -4.20. The first kappa shape index (κ1) is 20.1. The zero-order valence-corrected chi connectivity index (χ0v) is 17.2. The molecule has 0 saturated heterocycles. The number of hydrogen-bond acceptors (Lipinski definition) is 6. The number of rotatable bonds is 7. The zero-order valence-electron chi connectivity index (χ0n) is 17.2. The highest BCUT2D eigenvalue weighted by atomic mass is 16.5. The van der Waals surface area contributed by atoms with Crippen LogP contribution in [0.25, 0.3) is 5.82 Å². The van der Waals surface area contributed by atoms with Gasteiger partial charge < -0.3 is 15.4 Å². The highest BCUT2D eigenvalue weighted by molar-refractivity contribution is 5.92. The van der Waals surface area contributed by atoms with Crippen molar-refractivity contribution in [2.75, 3.05) is 17.2 Å². The van der Waals surface area contributed by atoms with Crippen molar-refractivity contribution in [1.29, 1.82) is 0 Å². The molecule has 2 heterocycles. The summed E-state index contributed by atoms with van der Waals surface area (Å²) in [6.07, 6.45) is 5.21.